The quantitative estimate of drug-likeness (QED) is 0.121. The van der Waals surface area contributed by atoms with Gasteiger partial charge in [0.2, 0.25) is 11.8 Å². The second kappa shape index (κ2) is 21.2. The van der Waals surface area contributed by atoms with Crippen molar-refractivity contribution in [3.8, 4) is 0 Å². The Hall–Kier alpha value is 0.293. The summed E-state index contributed by atoms with van der Waals surface area (Å²) in [5.74, 6) is -3.72. The molecule has 2 aromatic carbocycles. The van der Waals surface area contributed by atoms with E-state index in [0.29, 0.717) is 12.8 Å². The average molecular weight is 581 g/mol. The summed E-state index contributed by atoms with van der Waals surface area (Å²) >= 11 is 0. The molecular weight excluding hydrogens is 555 g/mol. The monoisotopic (exact) mass is 580 g/mol. The fourth-order valence-electron chi connectivity index (χ4n) is 2.91. The van der Waals surface area contributed by atoms with Crippen LogP contribution in [0.4, 0.5) is 0 Å². The third-order valence-corrected chi connectivity index (χ3v) is 7.18. The first-order chi connectivity index (χ1) is 16.3. The molecule has 0 bridgehead atoms. The molecule has 0 spiro atoms. The Balaban J connectivity index is 0.00000612. The Morgan fingerprint density at radius 3 is 1.28 bits per heavy atom. The maximum atomic E-state index is 12.1. The number of hydrogen-bond donors (Lipinski definition) is 2. The number of carboxylic acids is 2. The van der Waals surface area contributed by atoms with Crippen LogP contribution in [0, 0.1) is 0 Å². The number of aryl methyl sites for hydroxylation is 2. The summed E-state index contributed by atoms with van der Waals surface area (Å²) < 4.78 is 0. The van der Waals surface area contributed by atoms with Crippen LogP contribution in [0.2, 0.25) is 0 Å². The smallest absolute Gasteiger partial charge is 0.548 e. The zero-order valence-electron chi connectivity index (χ0n) is 20.4. The number of carboxylic acid groups (broad SMARTS) is 2. The average Bonchev–Trinajstić information content (AvgIpc) is 2.83. The maximum Gasteiger partial charge on any atom is 1.00 e. The van der Waals surface area contributed by atoms with Crippen LogP contribution in [0.1, 0.15) is 24.0 Å². The van der Waals surface area contributed by atoms with Gasteiger partial charge < -0.3 is 30.4 Å². The molecular formula is C24H26K2N2O6S2. The molecule has 12 heteroatoms. The van der Waals surface area contributed by atoms with Gasteiger partial charge in [-0.1, -0.05) is 82.3 Å². The molecule has 0 aliphatic carbocycles. The van der Waals surface area contributed by atoms with Gasteiger partial charge in [0.25, 0.3) is 0 Å². The van der Waals surface area contributed by atoms with Crippen LogP contribution in [0.3, 0.4) is 0 Å². The van der Waals surface area contributed by atoms with Gasteiger partial charge in [0, 0.05) is 24.3 Å². The second-order valence-corrected chi connectivity index (χ2v) is 9.97. The molecule has 182 valence electrons. The van der Waals surface area contributed by atoms with Gasteiger partial charge in [-0.25, -0.2) is 0 Å². The Morgan fingerprint density at radius 1 is 0.639 bits per heavy atom. The minimum atomic E-state index is -1.42. The van der Waals surface area contributed by atoms with E-state index in [1.807, 2.05) is 60.7 Å². The van der Waals surface area contributed by atoms with E-state index in [0.717, 1.165) is 32.7 Å². The Kier molecular flexibility index (Phi) is 21.3. The van der Waals surface area contributed by atoms with E-state index < -0.39 is 35.8 Å². The minimum Gasteiger partial charge on any atom is -0.548 e. The molecule has 0 heterocycles. The van der Waals surface area contributed by atoms with Gasteiger partial charge in [-0.05, 0) is 24.0 Å². The molecule has 0 radical (unpaired) electrons. The van der Waals surface area contributed by atoms with E-state index in [9.17, 15) is 29.4 Å². The molecule has 2 unspecified atom stereocenters. The van der Waals surface area contributed by atoms with Crippen LogP contribution in [-0.4, -0.2) is 47.3 Å². The zero-order valence-corrected chi connectivity index (χ0v) is 28.3. The van der Waals surface area contributed by atoms with Gasteiger partial charge in [0.1, 0.15) is 0 Å². The molecule has 0 aromatic heterocycles. The van der Waals surface area contributed by atoms with Crippen LogP contribution in [0.25, 0.3) is 0 Å². The fraction of sp³-hybridized carbons (Fsp3) is 0.333. The van der Waals surface area contributed by atoms with Gasteiger partial charge in [0.15, 0.2) is 0 Å². The van der Waals surface area contributed by atoms with Crippen LogP contribution < -0.4 is 124 Å². The van der Waals surface area contributed by atoms with E-state index in [2.05, 4.69) is 10.6 Å². The van der Waals surface area contributed by atoms with Gasteiger partial charge >= 0.3 is 103 Å². The summed E-state index contributed by atoms with van der Waals surface area (Å²) in [4.78, 5) is 46.9. The first-order valence-electron chi connectivity index (χ1n) is 10.7. The van der Waals surface area contributed by atoms with Crippen molar-refractivity contribution in [2.45, 2.75) is 37.8 Å². The third-order valence-electron chi connectivity index (χ3n) is 4.76. The number of nitrogens with one attached hydrogen (secondary N) is 2. The molecule has 8 nitrogen and oxygen atoms in total. The van der Waals surface area contributed by atoms with Crippen molar-refractivity contribution in [3.63, 3.8) is 0 Å². The summed E-state index contributed by atoms with van der Waals surface area (Å²) in [5, 5.41) is 27.6. The van der Waals surface area contributed by atoms with E-state index >= 15 is 0 Å². The number of carbonyl (C=O) groups is 4. The summed E-state index contributed by atoms with van der Waals surface area (Å²) in [5.41, 5.74) is 1.93. The predicted molar refractivity (Wildman–Crippen MR) is 128 cm³/mol. The predicted octanol–water partition coefficient (Wildman–Crippen LogP) is -5.89. The summed E-state index contributed by atoms with van der Waals surface area (Å²) in [6, 6.07) is 16.2. The van der Waals surface area contributed by atoms with Crippen molar-refractivity contribution >= 4 is 45.3 Å². The van der Waals surface area contributed by atoms with Gasteiger partial charge in [-0.2, -0.15) is 0 Å². The SMILES string of the molecule is O=C(CCc1ccccc1)NC(CSSCC(NC(=O)CCc1ccccc1)C(=O)[O-])C(=O)[O-].[K+].[K+]. The molecule has 0 aliphatic heterocycles. The number of hydrogen-bond acceptors (Lipinski definition) is 8. The molecule has 2 amide bonds. The number of benzene rings is 2. The van der Waals surface area contributed by atoms with E-state index in [1.54, 1.807) is 0 Å². The zero-order chi connectivity index (χ0) is 24.8. The molecule has 2 N–H and O–H groups in total. The number of aliphatic carboxylic acids is 2. The van der Waals surface area contributed by atoms with E-state index in [1.165, 1.54) is 0 Å². The van der Waals surface area contributed by atoms with Crippen molar-refractivity contribution in [3.05, 3.63) is 71.8 Å². The number of amides is 2. The van der Waals surface area contributed by atoms with Gasteiger partial charge in [-0.3, -0.25) is 9.59 Å². The Labute approximate surface area is 304 Å². The van der Waals surface area contributed by atoms with Crippen LogP contribution in [-0.2, 0) is 32.0 Å². The number of rotatable bonds is 15. The van der Waals surface area contributed by atoms with Crippen molar-refractivity contribution in [2.75, 3.05) is 11.5 Å². The van der Waals surface area contributed by atoms with Gasteiger partial charge in [0.05, 0.1) is 24.0 Å². The summed E-state index contributed by atoms with van der Waals surface area (Å²) in [6.45, 7) is 0. The standard InChI is InChI=1S/C24H28N2O6S2.2K/c27-21(13-11-17-7-3-1-4-8-17)25-19(23(29)30)15-33-34-16-20(24(31)32)26-22(28)14-12-18-9-5-2-6-10-18;;/h1-10,19-20H,11-16H2,(H,25,27)(H,26,28)(H,29,30)(H,31,32);;/q;2*+1/p-2. The normalized spacial score (nSPS) is 11.7. The molecule has 36 heavy (non-hydrogen) atoms. The van der Waals surface area contributed by atoms with Crippen molar-refractivity contribution in [1.82, 2.24) is 10.6 Å². The minimum absolute atomic E-state index is 0. The molecule has 0 aliphatic rings. The van der Waals surface area contributed by atoms with Crippen LogP contribution >= 0.6 is 21.6 Å². The third kappa shape index (κ3) is 15.6. The molecule has 2 atom stereocenters. The van der Waals surface area contributed by atoms with Crippen LogP contribution in [0.15, 0.2) is 60.7 Å². The largest absolute Gasteiger partial charge is 1.00 e. The molecule has 2 aromatic rings. The topological polar surface area (TPSA) is 138 Å². The first kappa shape index (κ1) is 36.3. The Morgan fingerprint density at radius 2 is 0.972 bits per heavy atom. The summed E-state index contributed by atoms with van der Waals surface area (Å²) in [6.07, 6.45) is 1.22. The van der Waals surface area contributed by atoms with E-state index in [-0.39, 0.29) is 127 Å². The molecule has 2 rings (SSSR count). The van der Waals surface area contributed by atoms with Crippen molar-refractivity contribution < 1.29 is 132 Å². The second-order valence-electron chi connectivity index (χ2n) is 7.42. The van der Waals surface area contributed by atoms with Crippen molar-refractivity contribution in [2.24, 2.45) is 0 Å². The first-order valence-corrected chi connectivity index (χ1v) is 13.2. The molecule has 0 fully saturated rings. The maximum absolute atomic E-state index is 12.1. The molecule has 0 saturated heterocycles. The number of carbonyl (C=O) groups excluding carboxylic acids is 4. The Bertz CT molecular complexity index is 877. The summed E-state index contributed by atoms with van der Waals surface area (Å²) in [7, 11) is 2.14. The van der Waals surface area contributed by atoms with Gasteiger partial charge in [-0.15, -0.1) is 0 Å². The van der Waals surface area contributed by atoms with E-state index in [4.69, 9.17) is 0 Å². The van der Waals surface area contributed by atoms with Crippen molar-refractivity contribution in [1.29, 1.82) is 0 Å². The molecule has 0 saturated carbocycles. The fourth-order valence-corrected chi connectivity index (χ4v) is 5.20. The van der Waals surface area contributed by atoms with Crippen LogP contribution in [0.5, 0.6) is 0 Å².